The maximum Gasteiger partial charge on any atom is 0.225 e. The minimum absolute atomic E-state index is 0.137. The molecule has 2 fully saturated rings. The SMILES string of the molecule is CCOc1cccc2sc(N3CCC(C(=O)N4CCOCC4)CC3)nc12. The predicted molar refractivity (Wildman–Crippen MR) is 103 cm³/mol. The molecule has 0 aliphatic carbocycles. The number of hydrogen-bond acceptors (Lipinski definition) is 6. The van der Waals surface area contributed by atoms with Gasteiger partial charge >= 0.3 is 0 Å². The van der Waals surface area contributed by atoms with Crippen molar-refractivity contribution in [1.29, 1.82) is 0 Å². The summed E-state index contributed by atoms with van der Waals surface area (Å²) in [6, 6.07) is 6.08. The zero-order valence-corrected chi connectivity index (χ0v) is 16.0. The van der Waals surface area contributed by atoms with Gasteiger partial charge in [0.1, 0.15) is 11.3 Å². The van der Waals surface area contributed by atoms with E-state index in [-0.39, 0.29) is 5.92 Å². The summed E-state index contributed by atoms with van der Waals surface area (Å²) in [5, 5.41) is 1.03. The van der Waals surface area contributed by atoms with Gasteiger partial charge in [-0.1, -0.05) is 17.4 Å². The normalized spacial score (nSPS) is 19.1. The smallest absolute Gasteiger partial charge is 0.225 e. The molecule has 0 saturated carbocycles. The second-order valence-corrected chi connectivity index (χ2v) is 7.74. The lowest BCUT2D eigenvalue weighted by Gasteiger charge is -2.35. The quantitative estimate of drug-likeness (QED) is 0.822. The second kappa shape index (κ2) is 7.80. The minimum Gasteiger partial charge on any atom is -0.492 e. The van der Waals surface area contributed by atoms with E-state index in [0.29, 0.717) is 25.7 Å². The molecule has 2 aliphatic heterocycles. The van der Waals surface area contributed by atoms with Crippen molar-refractivity contribution in [2.24, 2.45) is 5.92 Å². The van der Waals surface area contributed by atoms with Gasteiger partial charge in [0.05, 0.1) is 24.5 Å². The molecule has 26 heavy (non-hydrogen) atoms. The van der Waals surface area contributed by atoms with Gasteiger partial charge in [0.25, 0.3) is 0 Å². The number of morpholine rings is 1. The van der Waals surface area contributed by atoms with E-state index in [2.05, 4.69) is 11.0 Å². The molecule has 6 nitrogen and oxygen atoms in total. The number of ether oxygens (including phenoxy) is 2. The summed E-state index contributed by atoms with van der Waals surface area (Å²) < 4.78 is 12.2. The van der Waals surface area contributed by atoms with Crippen molar-refractivity contribution in [3.63, 3.8) is 0 Å². The van der Waals surface area contributed by atoms with Gasteiger partial charge in [-0.15, -0.1) is 0 Å². The molecule has 0 radical (unpaired) electrons. The average molecular weight is 375 g/mol. The van der Waals surface area contributed by atoms with Gasteiger partial charge in [-0.3, -0.25) is 4.79 Å². The number of hydrogen-bond donors (Lipinski definition) is 0. The Morgan fingerprint density at radius 3 is 2.77 bits per heavy atom. The molecule has 2 aromatic rings. The van der Waals surface area contributed by atoms with Gasteiger partial charge in [-0.2, -0.15) is 0 Å². The van der Waals surface area contributed by atoms with Crippen molar-refractivity contribution in [3.05, 3.63) is 18.2 Å². The Labute approximate surface area is 157 Å². The number of carbonyl (C=O) groups excluding carboxylic acids is 1. The van der Waals surface area contributed by atoms with Crippen LogP contribution in [0.15, 0.2) is 18.2 Å². The van der Waals surface area contributed by atoms with E-state index < -0.39 is 0 Å². The second-order valence-electron chi connectivity index (χ2n) is 6.73. The fraction of sp³-hybridized carbons (Fsp3) is 0.579. The van der Waals surface area contributed by atoms with Crippen molar-refractivity contribution < 1.29 is 14.3 Å². The highest BCUT2D eigenvalue weighted by Crippen LogP contribution is 2.35. The number of rotatable bonds is 4. The van der Waals surface area contributed by atoms with Gasteiger partial charge in [-0.25, -0.2) is 4.98 Å². The highest BCUT2D eigenvalue weighted by molar-refractivity contribution is 7.22. The van der Waals surface area contributed by atoms with E-state index in [9.17, 15) is 4.79 Å². The van der Waals surface area contributed by atoms with Gasteiger partial charge in [0, 0.05) is 32.1 Å². The van der Waals surface area contributed by atoms with Crippen molar-refractivity contribution in [2.45, 2.75) is 19.8 Å². The maximum absolute atomic E-state index is 12.7. The molecule has 2 saturated heterocycles. The molecule has 140 valence electrons. The molecule has 0 atom stereocenters. The average Bonchev–Trinajstić information content (AvgIpc) is 3.14. The molecule has 7 heteroatoms. The summed E-state index contributed by atoms with van der Waals surface area (Å²) in [4.78, 5) is 21.8. The Morgan fingerprint density at radius 1 is 1.27 bits per heavy atom. The van der Waals surface area contributed by atoms with Crippen LogP contribution in [0.2, 0.25) is 0 Å². The number of nitrogens with zero attached hydrogens (tertiary/aromatic N) is 3. The van der Waals surface area contributed by atoms with Crippen LogP contribution in [0.5, 0.6) is 5.75 Å². The van der Waals surface area contributed by atoms with E-state index in [1.807, 2.05) is 24.0 Å². The summed E-state index contributed by atoms with van der Waals surface area (Å²) in [7, 11) is 0. The zero-order valence-electron chi connectivity index (χ0n) is 15.1. The molecule has 0 bridgehead atoms. The van der Waals surface area contributed by atoms with Crippen molar-refractivity contribution in [3.8, 4) is 5.75 Å². The fourth-order valence-electron chi connectivity index (χ4n) is 3.68. The lowest BCUT2D eigenvalue weighted by atomic mass is 9.95. The topological polar surface area (TPSA) is 54.9 Å². The fourth-order valence-corrected chi connectivity index (χ4v) is 4.71. The van der Waals surface area contributed by atoms with E-state index in [4.69, 9.17) is 14.5 Å². The molecule has 1 aromatic heterocycles. The third kappa shape index (κ3) is 3.50. The largest absolute Gasteiger partial charge is 0.492 e. The van der Waals surface area contributed by atoms with Crippen LogP contribution in [0.4, 0.5) is 5.13 Å². The Morgan fingerprint density at radius 2 is 2.04 bits per heavy atom. The van der Waals surface area contributed by atoms with Crippen LogP contribution in [-0.4, -0.2) is 61.8 Å². The summed E-state index contributed by atoms with van der Waals surface area (Å²) in [5.41, 5.74) is 0.945. The molecule has 2 aliphatic rings. The van der Waals surface area contributed by atoms with Crippen molar-refractivity contribution >= 4 is 32.6 Å². The van der Waals surface area contributed by atoms with E-state index in [1.54, 1.807) is 11.3 Å². The van der Waals surface area contributed by atoms with E-state index in [1.165, 1.54) is 0 Å². The summed E-state index contributed by atoms with van der Waals surface area (Å²) in [6.07, 6.45) is 1.79. The van der Waals surface area contributed by atoms with Crippen LogP contribution >= 0.6 is 11.3 Å². The summed E-state index contributed by atoms with van der Waals surface area (Å²) >= 11 is 1.70. The lowest BCUT2D eigenvalue weighted by molar-refractivity contribution is -0.140. The van der Waals surface area contributed by atoms with Crippen molar-refractivity contribution in [1.82, 2.24) is 9.88 Å². The number of fused-ring (bicyclic) bond motifs is 1. The molecule has 0 unspecified atom stereocenters. The standard InChI is InChI=1S/C19H25N3O3S/c1-2-25-15-4-3-5-16-17(15)20-19(26-16)22-8-6-14(7-9-22)18(23)21-10-12-24-13-11-21/h3-5,14H,2,6-13H2,1H3. The Balaban J connectivity index is 1.42. The number of benzene rings is 1. The van der Waals surface area contributed by atoms with Crippen LogP contribution in [-0.2, 0) is 9.53 Å². The minimum atomic E-state index is 0.137. The van der Waals surface area contributed by atoms with Crippen LogP contribution in [0, 0.1) is 5.92 Å². The first-order valence-electron chi connectivity index (χ1n) is 9.40. The van der Waals surface area contributed by atoms with Crippen LogP contribution in [0.3, 0.4) is 0 Å². The molecule has 1 amide bonds. The van der Waals surface area contributed by atoms with Gasteiger partial charge in [0.2, 0.25) is 5.91 Å². The number of carbonyl (C=O) groups is 1. The first kappa shape index (κ1) is 17.5. The zero-order chi connectivity index (χ0) is 17.9. The number of thiazole rings is 1. The first-order chi connectivity index (χ1) is 12.8. The highest BCUT2D eigenvalue weighted by Gasteiger charge is 2.30. The summed E-state index contributed by atoms with van der Waals surface area (Å²) in [6.45, 7) is 7.18. The Bertz CT molecular complexity index is 764. The summed E-state index contributed by atoms with van der Waals surface area (Å²) in [5.74, 6) is 1.29. The van der Waals surface area contributed by atoms with Gasteiger partial charge in [-0.05, 0) is 31.9 Å². The monoisotopic (exact) mass is 375 g/mol. The lowest BCUT2D eigenvalue weighted by Crippen LogP contribution is -2.46. The molecule has 1 aromatic carbocycles. The Kier molecular flexibility index (Phi) is 5.26. The van der Waals surface area contributed by atoms with Crippen LogP contribution < -0.4 is 9.64 Å². The first-order valence-corrected chi connectivity index (χ1v) is 10.2. The third-order valence-electron chi connectivity index (χ3n) is 5.11. The molecule has 0 N–H and O–H groups in total. The highest BCUT2D eigenvalue weighted by atomic mass is 32.1. The molecular weight excluding hydrogens is 350 g/mol. The van der Waals surface area contributed by atoms with Gasteiger partial charge < -0.3 is 19.3 Å². The predicted octanol–water partition coefficient (Wildman–Crippen LogP) is 2.77. The molecule has 3 heterocycles. The Hall–Kier alpha value is -1.86. The van der Waals surface area contributed by atoms with Crippen molar-refractivity contribution in [2.75, 3.05) is 50.9 Å². The number of amides is 1. The molecular formula is C19H25N3O3S. The number of anilines is 1. The third-order valence-corrected chi connectivity index (χ3v) is 6.19. The number of piperidine rings is 1. The van der Waals surface area contributed by atoms with E-state index in [0.717, 1.165) is 60.1 Å². The van der Waals surface area contributed by atoms with Crippen LogP contribution in [0.25, 0.3) is 10.2 Å². The molecule has 4 rings (SSSR count). The number of para-hydroxylation sites is 1. The maximum atomic E-state index is 12.7. The van der Waals surface area contributed by atoms with E-state index >= 15 is 0 Å². The van der Waals surface area contributed by atoms with Crippen LogP contribution in [0.1, 0.15) is 19.8 Å². The molecule has 0 spiro atoms. The number of aromatic nitrogens is 1. The van der Waals surface area contributed by atoms with Gasteiger partial charge in [0.15, 0.2) is 5.13 Å².